The zero-order valence-electron chi connectivity index (χ0n) is 14.7. The van der Waals surface area contributed by atoms with E-state index in [4.69, 9.17) is 25.8 Å². The first-order valence-corrected chi connectivity index (χ1v) is 8.31. The van der Waals surface area contributed by atoms with E-state index in [9.17, 15) is 23.2 Å². The van der Waals surface area contributed by atoms with Crippen LogP contribution >= 0.6 is 11.6 Å². The molecule has 148 valence electrons. The van der Waals surface area contributed by atoms with Gasteiger partial charge in [-0.25, -0.2) is 9.78 Å². The van der Waals surface area contributed by atoms with Crippen molar-refractivity contribution >= 4 is 17.6 Å². The molecule has 0 aliphatic rings. The summed E-state index contributed by atoms with van der Waals surface area (Å²) in [6, 6.07) is 6.63. The molecule has 1 aromatic carbocycles. The zero-order valence-corrected chi connectivity index (χ0v) is 15.5. The van der Waals surface area contributed by atoms with E-state index in [0.717, 1.165) is 0 Å². The lowest BCUT2D eigenvalue weighted by molar-refractivity contribution is -0.150. The number of hydrogen-bond acceptors (Lipinski definition) is 6. The number of benzene rings is 1. The molecule has 1 atom stereocenters. The molecular weight excluding hydrogens is 401 g/mol. The Hall–Kier alpha value is -2.99. The SMILES string of the molecule is CCOC(=O)C(C)Oc1cc(Oc2ncc(C(F)(F)F)cc2Cl)ccc1C#N. The zero-order chi connectivity index (χ0) is 20.9. The number of hydrogen-bond donors (Lipinski definition) is 0. The third-order valence-electron chi connectivity index (χ3n) is 3.35. The Morgan fingerprint density at radius 1 is 1.36 bits per heavy atom. The summed E-state index contributed by atoms with van der Waals surface area (Å²) in [7, 11) is 0. The molecule has 2 aromatic rings. The third-order valence-corrected chi connectivity index (χ3v) is 3.62. The van der Waals surface area contributed by atoms with Gasteiger partial charge in [0, 0.05) is 12.3 Å². The average molecular weight is 415 g/mol. The van der Waals surface area contributed by atoms with Gasteiger partial charge in [0.15, 0.2) is 6.10 Å². The van der Waals surface area contributed by atoms with Gasteiger partial charge in [-0.05, 0) is 32.0 Å². The maximum Gasteiger partial charge on any atom is 0.417 e. The number of rotatable bonds is 6. The second-order valence-corrected chi connectivity index (χ2v) is 5.80. The molecule has 0 N–H and O–H groups in total. The van der Waals surface area contributed by atoms with Crippen molar-refractivity contribution in [1.29, 1.82) is 5.26 Å². The highest BCUT2D eigenvalue weighted by atomic mass is 35.5. The van der Waals surface area contributed by atoms with Crippen molar-refractivity contribution < 1.29 is 32.2 Å². The number of halogens is 4. The minimum absolute atomic E-state index is 0.0311. The number of pyridine rings is 1. The molecule has 0 saturated carbocycles. The van der Waals surface area contributed by atoms with Gasteiger partial charge < -0.3 is 14.2 Å². The number of aromatic nitrogens is 1. The standard InChI is InChI=1S/C18H14ClF3N2O4/c1-3-26-17(25)10(2)27-15-7-13(5-4-11(15)8-23)28-16-14(19)6-12(9-24-16)18(20,21)22/h4-7,9-10H,3H2,1-2H3. The van der Waals surface area contributed by atoms with Crippen molar-refractivity contribution in [2.75, 3.05) is 6.61 Å². The number of alkyl halides is 3. The Morgan fingerprint density at radius 2 is 2.07 bits per heavy atom. The van der Waals surface area contributed by atoms with Crippen LogP contribution in [0.2, 0.25) is 5.02 Å². The highest BCUT2D eigenvalue weighted by Crippen LogP contribution is 2.35. The maximum atomic E-state index is 12.7. The molecule has 0 spiro atoms. The predicted octanol–water partition coefficient (Wildman–Crippen LogP) is 4.75. The smallest absolute Gasteiger partial charge is 0.417 e. The number of nitrogens with zero attached hydrogens (tertiary/aromatic N) is 2. The van der Waals surface area contributed by atoms with E-state index >= 15 is 0 Å². The lowest BCUT2D eigenvalue weighted by Gasteiger charge is -2.15. The molecule has 0 radical (unpaired) electrons. The van der Waals surface area contributed by atoms with E-state index in [1.54, 1.807) is 6.92 Å². The van der Waals surface area contributed by atoms with E-state index in [-0.39, 0.29) is 34.6 Å². The Bertz CT molecular complexity index is 913. The van der Waals surface area contributed by atoms with Gasteiger partial charge in [0.1, 0.15) is 22.6 Å². The van der Waals surface area contributed by atoms with Crippen LogP contribution in [0.4, 0.5) is 13.2 Å². The summed E-state index contributed by atoms with van der Waals surface area (Å²) in [5.41, 5.74) is -0.896. The highest BCUT2D eigenvalue weighted by Gasteiger charge is 2.31. The van der Waals surface area contributed by atoms with Crippen LogP contribution in [-0.4, -0.2) is 23.7 Å². The summed E-state index contributed by atoms with van der Waals surface area (Å²) < 4.78 is 53.7. The topological polar surface area (TPSA) is 81.4 Å². The number of carbonyl (C=O) groups is 1. The van der Waals surface area contributed by atoms with Crippen LogP contribution in [0.5, 0.6) is 17.4 Å². The van der Waals surface area contributed by atoms with Crippen molar-refractivity contribution in [1.82, 2.24) is 4.98 Å². The summed E-state index contributed by atoms with van der Waals surface area (Å²) in [6.45, 7) is 3.25. The molecule has 28 heavy (non-hydrogen) atoms. The molecule has 0 saturated heterocycles. The van der Waals surface area contributed by atoms with Crippen molar-refractivity contribution in [3.05, 3.63) is 46.6 Å². The highest BCUT2D eigenvalue weighted by molar-refractivity contribution is 6.31. The molecule has 1 heterocycles. The molecule has 6 nitrogen and oxygen atoms in total. The Balaban J connectivity index is 2.26. The van der Waals surface area contributed by atoms with E-state index < -0.39 is 23.8 Å². The molecule has 1 aromatic heterocycles. The fourth-order valence-electron chi connectivity index (χ4n) is 2.02. The summed E-state index contributed by atoms with van der Waals surface area (Å²) >= 11 is 5.81. The molecule has 0 amide bonds. The maximum absolute atomic E-state index is 12.7. The van der Waals surface area contributed by atoms with Crippen molar-refractivity contribution in [2.24, 2.45) is 0 Å². The average Bonchev–Trinajstić information content (AvgIpc) is 2.63. The van der Waals surface area contributed by atoms with Crippen molar-refractivity contribution in [3.63, 3.8) is 0 Å². The molecule has 10 heteroatoms. The molecular formula is C18H14ClF3N2O4. The second kappa shape index (κ2) is 8.80. The van der Waals surface area contributed by atoms with Crippen LogP contribution in [0, 0.1) is 11.3 Å². The first-order chi connectivity index (χ1) is 13.2. The van der Waals surface area contributed by atoms with E-state index in [1.807, 2.05) is 6.07 Å². The van der Waals surface area contributed by atoms with Gasteiger partial charge in [-0.15, -0.1) is 0 Å². The third kappa shape index (κ3) is 5.27. The molecule has 2 rings (SSSR count). The van der Waals surface area contributed by atoms with Gasteiger partial charge in [-0.3, -0.25) is 0 Å². The van der Waals surface area contributed by atoms with Crippen molar-refractivity contribution in [3.8, 4) is 23.4 Å². The van der Waals surface area contributed by atoms with E-state index in [1.165, 1.54) is 25.1 Å². The lowest BCUT2D eigenvalue weighted by atomic mass is 10.2. The van der Waals surface area contributed by atoms with Crippen LogP contribution < -0.4 is 9.47 Å². The number of ether oxygens (including phenoxy) is 3. The quantitative estimate of drug-likeness (QED) is 0.634. The first kappa shape index (κ1) is 21.3. The Labute approximate surface area is 163 Å². The van der Waals surface area contributed by atoms with Gasteiger partial charge in [0.2, 0.25) is 5.88 Å². The normalized spacial score (nSPS) is 12.0. The van der Waals surface area contributed by atoms with E-state index in [2.05, 4.69) is 4.98 Å². The van der Waals surface area contributed by atoms with Crippen molar-refractivity contribution in [2.45, 2.75) is 26.1 Å². The fourth-order valence-corrected chi connectivity index (χ4v) is 2.23. The summed E-state index contributed by atoms with van der Waals surface area (Å²) in [5.74, 6) is -0.753. The van der Waals surface area contributed by atoms with Gasteiger partial charge in [0.05, 0.1) is 17.7 Å². The van der Waals surface area contributed by atoms with Crippen LogP contribution in [0.25, 0.3) is 0 Å². The second-order valence-electron chi connectivity index (χ2n) is 5.39. The minimum Gasteiger partial charge on any atom is -0.477 e. The lowest BCUT2D eigenvalue weighted by Crippen LogP contribution is -2.26. The Kier molecular flexibility index (Phi) is 6.70. The first-order valence-electron chi connectivity index (χ1n) is 7.93. The summed E-state index contributed by atoms with van der Waals surface area (Å²) in [4.78, 5) is 15.3. The summed E-state index contributed by atoms with van der Waals surface area (Å²) in [5, 5.41) is 8.83. The Morgan fingerprint density at radius 3 is 2.64 bits per heavy atom. The monoisotopic (exact) mass is 414 g/mol. The van der Waals surface area contributed by atoms with Gasteiger partial charge in [0.25, 0.3) is 0 Å². The minimum atomic E-state index is -4.59. The van der Waals surface area contributed by atoms with Gasteiger partial charge in [-0.2, -0.15) is 18.4 Å². The molecule has 1 unspecified atom stereocenters. The number of nitriles is 1. The van der Waals surface area contributed by atoms with Crippen LogP contribution in [0.15, 0.2) is 30.5 Å². The predicted molar refractivity (Wildman–Crippen MR) is 92.2 cm³/mol. The molecule has 0 fully saturated rings. The number of esters is 1. The van der Waals surface area contributed by atoms with Gasteiger partial charge in [-0.1, -0.05) is 11.6 Å². The van der Waals surface area contributed by atoms with Crippen LogP contribution in [0.3, 0.4) is 0 Å². The van der Waals surface area contributed by atoms with Gasteiger partial charge >= 0.3 is 12.1 Å². The van der Waals surface area contributed by atoms with Crippen LogP contribution in [0.1, 0.15) is 25.0 Å². The molecule has 0 aliphatic carbocycles. The fraction of sp³-hybridized carbons (Fsp3) is 0.278. The molecule has 0 bridgehead atoms. The van der Waals surface area contributed by atoms with E-state index in [0.29, 0.717) is 12.3 Å². The number of carbonyl (C=O) groups excluding carboxylic acids is 1. The molecule has 0 aliphatic heterocycles. The van der Waals surface area contributed by atoms with Crippen LogP contribution in [-0.2, 0) is 15.7 Å². The largest absolute Gasteiger partial charge is 0.477 e. The summed E-state index contributed by atoms with van der Waals surface area (Å²) in [6.07, 6.45) is -4.99.